The van der Waals surface area contributed by atoms with Crippen molar-refractivity contribution in [3.8, 4) is 0 Å². The van der Waals surface area contributed by atoms with Crippen LogP contribution in [0.25, 0.3) is 0 Å². The lowest BCUT2D eigenvalue weighted by atomic mass is 10.0. The van der Waals surface area contributed by atoms with Crippen molar-refractivity contribution >= 4 is 17.5 Å². The maximum atomic E-state index is 12.6. The van der Waals surface area contributed by atoms with E-state index in [-0.39, 0.29) is 22.7 Å². The minimum atomic E-state index is -0.479. The monoisotopic (exact) mass is 418 g/mol. The molecule has 1 unspecified atom stereocenters. The molecule has 0 aromatic heterocycles. The molecule has 1 aromatic carbocycles. The highest BCUT2D eigenvalue weighted by molar-refractivity contribution is 5.68. The van der Waals surface area contributed by atoms with Crippen LogP contribution in [0.15, 0.2) is 24.3 Å². The van der Waals surface area contributed by atoms with Crippen molar-refractivity contribution in [3.05, 3.63) is 34.4 Å². The first-order valence-electron chi connectivity index (χ1n) is 10.9. The number of hydrogen-bond donors (Lipinski definition) is 0. The van der Waals surface area contributed by atoms with Gasteiger partial charge in [-0.3, -0.25) is 15.0 Å². The number of anilines is 1. The highest BCUT2D eigenvalue weighted by Crippen LogP contribution is 2.28. The van der Waals surface area contributed by atoms with Crippen LogP contribution in [-0.4, -0.2) is 71.2 Å². The highest BCUT2D eigenvalue weighted by atomic mass is 16.6. The second-order valence-electron chi connectivity index (χ2n) is 9.20. The molecule has 2 heterocycles. The fourth-order valence-corrected chi connectivity index (χ4v) is 4.49. The summed E-state index contributed by atoms with van der Waals surface area (Å²) in [5.74, 6) is 0. The largest absolute Gasteiger partial charge is 0.444 e. The normalized spacial score (nSPS) is 20.9. The van der Waals surface area contributed by atoms with Crippen molar-refractivity contribution in [1.82, 2.24) is 9.80 Å². The lowest BCUT2D eigenvalue weighted by Crippen LogP contribution is -2.47. The minimum Gasteiger partial charge on any atom is -0.444 e. The number of hydrogen-bond acceptors (Lipinski definition) is 6. The molecule has 166 valence electrons. The Bertz CT molecular complexity index is 738. The summed E-state index contributed by atoms with van der Waals surface area (Å²) < 4.78 is 5.59. The van der Waals surface area contributed by atoms with Gasteiger partial charge < -0.3 is 14.5 Å². The van der Waals surface area contributed by atoms with Crippen LogP contribution in [0.4, 0.5) is 16.2 Å². The first-order chi connectivity index (χ1) is 14.2. The Labute approximate surface area is 178 Å². The number of non-ortho nitro benzene ring substituents is 1. The number of amides is 1. The maximum Gasteiger partial charge on any atom is 0.410 e. The lowest BCUT2D eigenvalue weighted by molar-refractivity contribution is -0.384. The highest BCUT2D eigenvalue weighted by Gasteiger charge is 2.36. The number of piperidine rings is 1. The first-order valence-corrected chi connectivity index (χ1v) is 10.9. The number of likely N-dealkylation sites (N-methyl/N-ethyl adjacent to an activating group) is 1. The molecule has 3 rings (SSSR count). The van der Waals surface area contributed by atoms with Gasteiger partial charge in [0.05, 0.1) is 4.92 Å². The van der Waals surface area contributed by atoms with E-state index in [1.807, 2.05) is 44.7 Å². The van der Waals surface area contributed by atoms with E-state index in [0.717, 1.165) is 51.1 Å². The average molecular weight is 419 g/mol. The molecule has 1 atom stereocenters. The topological polar surface area (TPSA) is 79.2 Å². The Morgan fingerprint density at radius 3 is 2.33 bits per heavy atom. The van der Waals surface area contributed by atoms with Gasteiger partial charge in [-0.1, -0.05) is 0 Å². The molecule has 0 saturated carbocycles. The molecule has 0 radical (unpaired) electrons. The van der Waals surface area contributed by atoms with Gasteiger partial charge in [0.15, 0.2) is 0 Å². The van der Waals surface area contributed by atoms with Crippen LogP contribution in [0.1, 0.15) is 47.0 Å². The van der Waals surface area contributed by atoms with Gasteiger partial charge in [-0.2, -0.15) is 0 Å². The zero-order valence-corrected chi connectivity index (χ0v) is 18.5. The molecule has 0 N–H and O–H groups in total. The van der Waals surface area contributed by atoms with Gasteiger partial charge >= 0.3 is 6.09 Å². The van der Waals surface area contributed by atoms with Gasteiger partial charge in [-0.25, -0.2) is 4.79 Å². The van der Waals surface area contributed by atoms with E-state index < -0.39 is 5.60 Å². The number of likely N-dealkylation sites (tertiary alicyclic amines) is 1. The number of benzene rings is 1. The third kappa shape index (κ3) is 5.41. The summed E-state index contributed by atoms with van der Waals surface area (Å²) in [7, 11) is 0. The zero-order chi connectivity index (χ0) is 21.9. The van der Waals surface area contributed by atoms with Gasteiger partial charge in [-0.15, -0.1) is 0 Å². The number of ether oxygens (including phenoxy) is 1. The quantitative estimate of drug-likeness (QED) is 0.533. The molecule has 2 saturated heterocycles. The minimum absolute atomic E-state index is 0.127. The van der Waals surface area contributed by atoms with Crippen LogP contribution < -0.4 is 4.90 Å². The Hall–Kier alpha value is -2.35. The molecule has 8 heteroatoms. The fourth-order valence-electron chi connectivity index (χ4n) is 4.49. The SMILES string of the molecule is CCN(C(=O)OC(C)(C)C)C1CCN(C2CCN(c3ccc([N+](=O)[O-])cc3)CC2)C1. The smallest absolute Gasteiger partial charge is 0.410 e. The molecular formula is C22H34N4O4. The molecule has 1 amide bonds. The number of carbonyl (C=O) groups is 1. The molecule has 2 fully saturated rings. The molecule has 0 spiro atoms. The van der Waals surface area contributed by atoms with Gasteiger partial charge in [0, 0.05) is 62.6 Å². The molecule has 0 aliphatic carbocycles. The van der Waals surface area contributed by atoms with Crippen molar-refractivity contribution in [2.24, 2.45) is 0 Å². The predicted octanol–water partition coefficient (Wildman–Crippen LogP) is 3.89. The lowest BCUT2D eigenvalue weighted by Gasteiger charge is -2.38. The van der Waals surface area contributed by atoms with E-state index in [2.05, 4.69) is 9.80 Å². The van der Waals surface area contributed by atoms with Crippen LogP contribution in [0.3, 0.4) is 0 Å². The second-order valence-corrected chi connectivity index (χ2v) is 9.20. The van der Waals surface area contributed by atoms with Crippen molar-refractivity contribution in [1.29, 1.82) is 0 Å². The number of nitro benzene ring substituents is 1. The van der Waals surface area contributed by atoms with Crippen LogP contribution >= 0.6 is 0 Å². The number of rotatable bonds is 5. The van der Waals surface area contributed by atoms with Crippen molar-refractivity contribution in [2.75, 3.05) is 37.6 Å². The van der Waals surface area contributed by atoms with E-state index in [0.29, 0.717) is 12.6 Å². The summed E-state index contributed by atoms with van der Waals surface area (Å²) in [4.78, 5) is 29.7. The van der Waals surface area contributed by atoms with Crippen LogP contribution in [0, 0.1) is 10.1 Å². The van der Waals surface area contributed by atoms with Crippen LogP contribution in [-0.2, 0) is 4.74 Å². The molecular weight excluding hydrogens is 384 g/mol. The van der Waals surface area contributed by atoms with Gasteiger partial charge in [0.2, 0.25) is 0 Å². The van der Waals surface area contributed by atoms with E-state index in [1.165, 1.54) is 0 Å². The van der Waals surface area contributed by atoms with Crippen LogP contribution in [0.5, 0.6) is 0 Å². The number of carbonyl (C=O) groups excluding carboxylic acids is 1. The van der Waals surface area contributed by atoms with Crippen molar-refractivity contribution in [2.45, 2.75) is 64.6 Å². The summed E-state index contributed by atoms with van der Waals surface area (Å²) in [6.45, 7) is 12.2. The standard InChI is InChI=1S/C22H34N4O4/c1-5-25(21(27)30-22(2,3)4)20-12-15-24(16-20)18-10-13-23(14-11-18)17-6-8-19(9-7-17)26(28)29/h6-9,18,20H,5,10-16H2,1-4H3. The van der Waals surface area contributed by atoms with Crippen LogP contribution in [0.2, 0.25) is 0 Å². The summed E-state index contributed by atoms with van der Waals surface area (Å²) in [6.07, 6.45) is 2.88. The van der Waals surface area contributed by atoms with E-state index in [9.17, 15) is 14.9 Å². The zero-order valence-electron chi connectivity index (χ0n) is 18.5. The summed E-state index contributed by atoms with van der Waals surface area (Å²) in [5, 5.41) is 10.8. The predicted molar refractivity (Wildman–Crippen MR) is 117 cm³/mol. The van der Waals surface area contributed by atoms with Gasteiger partial charge in [0.1, 0.15) is 5.60 Å². The van der Waals surface area contributed by atoms with Gasteiger partial charge in [0.25, 0.3) is 5.69 Å². The average Bonchev–Trinajstić information content (AvgIpc) is 3.17. The van der Waals surface area contributed by atoms with Gasteiger partial charge in [-0.05, 0) is 59.1 Å². The summed E-state index contributed by atoms with van der Waals surface area (Å²) in [5.41, 5.74) is 0.690. The van der Waals surface area contributed by atoms with E-state index in [4.69, 9.17) is 4.74 Å². The molecule has 1 aromatic rings. The molecule has 0 bridgehead atoms. The first kappa shape index (κ1) is 22.3. The molecule has 8 nitrogen and oxygen atoms in total. The Morgan fingerprint density at radius 2 is 1.80 bits per heavy atom. The number of nitrogens with zero attached hydrogens (tertiary/aromatic N) is 4. The maximum absolute atomic E-state index is 12.6. The third-order valence-electron chi connectivity index (χ3n) is 6.01. The molecule has 2 aliphatic heterocycles. The number of nitro groups is 1. The summed E-state index contributed by atoms with van der Waals surface area (Å²) in [6, 6.07) is 7.54. The van der Waals surface area contributed by atoms with E-state index >= 15 is 0 Å². The third-order valence-corrected chi connectivity index (χ3v) is 6.01. The van der Waals surface area contributed by atoms with Crippen molar-refractivity contribution in [3.63, 3.8) is 0 Å². The second kappa shape index (κ2) is 9.20. The van der Waals surface area contributed by atoms with E-state index in [1.54, 1.807) is 12.1 Å². The fraction of sp³-hybridized carbons (Fsp3) is 0.682. The van der Waals surface area contributed by atoms with Crippen molar-refractivity contribution < 1.29 is 14.5 Å². The summed E-state index contributed by atoms with van der Waals surface area (Å²) >= 11 is 0. The molecule has 2 aliphatic rings. The Kier molecular flexibility index (Phi) is 6.85. The molecule has 30 heavy (non-hydrogen) atoms. The Morgan fingerprint density at radius 1 is 1.17 bits per heavy atom. The Balaban J connectivity index is 1.51.